The van der Waals surface area contributed by atoms with Crippen molar-refractivity contribution in [3.63, 3.8) is 0 Å². The van der Waals surface area contributed by atoms with E-state index in [2.05, 4.69) is 20.4 Å². The van der Waals surface area contributed by atoms with Crippen molar-refractivity contribution in [2.45, 2.75) is 97.8 Å². The molecule has 1 fully saturated rings. The van der Waals surface area contributed by atoms with Gasteiger partial charge in [-0.1, -0.05) is 22.7 Å². The van der Waals surface area contributed by atoms with Crippen LogP contribution in [0.15, 0.2) is 0 Å². The molecule has 0 saturated carbocycles. The van der Waals surface area contributed by atoms with Gasteiger partial charge >= 0.3 is 12.2 Å². The second kappa shape index (κ2) is 13.0. The molecule has 3 unspecified atom stereocenters. The lowest BCUT2D eigenvalue weighted by molar-refractivity contribution is -0.207. The van der Waals surface area contributed by atoms with Gasteiger partial charge in [0.2, 0.25) is 0 Å². The van der Waals surface area contributed by atoms with E-state index in [0.717, 1.165) is 15.1 Å². The summed E-state index contributed by atoms with van der Waals surface area (Å²) in [5.74, 6) is 0. The standard InChI is InChI=1S/C11H17N3O4S.C11H19N3O4S/c1-6-12-13-9(19-6)7-5-8(15)18-14(7)10(16)17-11(2,3)4;1-7-12-13-9(19-7)8(5-6-15)14(17)10(16)18-11(2,3)4/h7-8,15H,5H2,1-4H3;8,15,17H,5-6H2,1-4H3. The van der Waals surface area contributed by atoms with Crippen molar-refractivity contribution in [3.05, 3.63) is 20.0 Å². The van der Waals surface area contributed by atoms with Gasteiger partial charge in [-0.25, -0.2) is 14.4 Å². The average Bonchev–Trinajstić information content (AvgIpc) is 3.49. The number of aliphatic hydroxyl groups is 2. The maximum absolute atomic E-state index is 12.0. The normalized spacial score (nSPS) is 18.4. The Hall–Kier alpha value is -2.50. The van der Waals surface area contributed by atoms with Crippen molar-refractivity contribution >= 4 is 34.9 Å². The monoisotopic (exact) mass is 576 g/mol. The van der Waals surface area contributed by atoms with Crippen LogP contribution in [-0.2, 0) is 14.3 Å². The fourth-order valence-corrected chi connectivity index (χ4v) is 4.63. The summed E-state index contributed by atoms with van der Waals surface area (Å²) in [6, 6.07) is -1.22. The second-order valence-electron chi connectivity index (χ2n) is 10.3. The van der Waals surface area contributed by atoms with E-state index in [1.165, 1.54) is 22.7 Å². The first-order valence-corrected chi connectivity index (χ1v) is 13.4. The third-order valence-electron chi connectivity index (χ3n) is 4.45. The van der Waals surface area contributed by atoms with Crippen LogP contribution in [0.4, 0.5) is 9.59 Å². The van der Waals surface area contributed by atoms with Crippen LogP contribution in [0.25, 0.3) is 0 Å². The minimum Gasteiger partial charge on any atom is -0.442 e. The molecule has 0 spiro atoms. The van der Waals surface area contributed by atoms with Crippen molar-refractivity contribution < 1.29 is 39.3 Å². The zero-order valence-electron chi connectivity index (χ0n) is 22.7. The molecule has 0 bridgehead atoms. The Morgan fingerprint density at radius 1 is 1.05 bits per heavy atom. The quantitative estimate of drug-likeness (QED) is 0.347. The molecule has 3 rings (SSSR count). The largest absolute Gasteiger partial charge is 0.442 e. The molecular weight excluding hydrogens is 540 g/mol. The molecule has 0 aromatic carbocycles. The number of aromatic nitrogens is 4. The topological polar surface area (TPSA) is 181 Å². The average molecular weight is 577 g/mol. The van der Waals surface area contributed by atoms with Gasteiger partial charge in [-0.05, 0) is 55.4 Å². The molecule has 3 N–H and O–H groups in total. The van der Waals surface area contributed by atoms with Crippen LogP contribution in [0.1, 0.15) is 86.5 Å². The molecule has 0 aliphatic carbocycles. The van der Waals surface area contributed by atoms with Crippen LogP contribution in [-0.4, -0.2) is 82.2 Å². The van der Waals surface area contributed by atoms with Crippen LogP contribution in [0.5, 0.6) is 0 Å². The number of ether oxygens (including phenoxy) is 2. The van der Waals surface area contributed by atoms with Crippen molar-refractivity contribution in [1.29, 1.82) is 0 Å². The highest BCUT2D eigenvalue weighted by Crippen LogP contribution is 2.35. The fraction of sp³-hybridized carbons (Fsp3) is 0.727. The zero-order valence-corrected chi connectivity index (χ0v) is 24.4. The van der Waals surface area contributed by atoms with E-state index in [0.29, 0.717) is 15.1 Å². The molecule has 16 heteroatoms. The Labute approximate surface area is 229 Å². The molecule has 3 heterocycles. The summed E-state index contributed by atoms with van der Waals surface area (Å²) in [7, 11) is 0. The summed E-state index contributed by atoms with van der Waals surface area (Å²) in [4.78, 5) is 28.9. The van der Waals surface area contributed by atoms with E-state index in [1.54, 1.807) is 48.5 Å². The van der Waals surface area contributed by atoms with E-state index in [9.17, 15) is 19.9 Å². The predicted octanol–water partition coefficient (Wildman–Crippen LogP) is 3.67. The van der Waals surface area contributed by atoms with Crippen molar-refractivity contribution in [1.82, 2.24) is 30.5 Å². The van der Waals surface area contributed by atoms with Gasteiger partial charge < -0.3 is 19.7 Å². The van der Waals surface area contributed by atoms with Crippen LogP contribution in [0.3, 0.4) is 0 Å². The van der Waals surface area contributed by atoms with Crippen molar-refractivity contribution in [3.8, 4) is 0 Å². The molecule has 3 atom stereocenters. The third-order valence-corrected chi connectivity index (χ3v) is 6.33. The maximum atomic E-state index is 12.0. The molecule has 2 amide bonds. The Morgan fingerprint density at radius 3 is 2.11 bits per heavy atom. The highest BCUT2D eigenvalue weighted by atomic mass is 32.1. The summed E-state index contributed by atoms with van der Waals surface area (Å²) in [5, 5.41) is 48.2. The Bertz CT molecular complexity index is 1030. The SMILES string of the molecule is Cc1nnc(C(CCO)N(O)C(=O)OC(C)(C)C)s1.Cc1nnc(C2CC(O)ON2C(=O)OC(C)(C)C)s1. The second-order valence-corrected chi connectivity index (χ2v) is 12.7. The number of carbonyl (C=O) groups excluding carboxylic acids is 2. The number of aryl methyl sites for hydroxylation is 2. The third kappa shape index (κ3) is 9.67. The van der Waals surface area contributed by atoms with E-state index in [4.69, 9.17) is 19.4 Å². The van der Waals surface area contributed by atoms with Crippen molar-refractivity contribution in [2.24, 2.45) is 0 Å². The summed E-state index contributed by atoms with van der Waals surface area (Å²) < 4.78 is 10.3. The molecule has 2 aromatic heterocycles. The lowest BCUT2D eigenvalue weighted by Gasteiger charge is -2.27. The van der Waals surface area contributed by atoms with Crippen LogP contribution in [0, 0.1) is 13.8 Å². The molecule has 1 aliphatic heterocycles. The van der Waals surface area contributed by atoms with Gasteiger partial charge in [0, 0.05) is 19.4 Å². The van der Waals surface area contributed by atoms with Crippen LogP contribution < -0.4 is 0 Å². The molecule has 1 aliphatic rings. The summed E-state index contributed by atoms with van der Waals surface area (Å²) in [6.45, 7) is 13.8. The number of hydrogen-bond donors (Lipinski definition) is 3. The fourth-order valence-electron chi connectivity index (χ4n) is 3.01. The number of aliphatic hydroxyl groups excluding tert-OH is 2. The highest BCUT2D eigenvalue weighted by Gasteiger charge is 2.41. The van der Waals surface area contributed by atoms with Gasteiger partial charge in [-0.3, -0.25) is 5.21 Å². The first kappa shape index (κ1) is 31.7. The summed E-state index contributed by atoms with van der Waals surface area (Å²) >= 11 is 2.62. The molecule has 0 radical (unpaired) electrons. The zero-order chi connectivity index (χ0) is 28.8. The summed E-state index contributed by atoms with van der Waals surface area (Å²) in [6.07, 6.45) is -2.14. The molecule has 38 heavy (non-hydrogen) atoms. The number of carbonyl (C=O) groups is 2. The van der Waals surface area contributed by atoms with E-state index in [-0.39, 0.29) is 19.4 Å². The van der Waals surface area contributed by atoms with E-state index in [1.807, 2.05) is 6.92 Å². The first-order valence-electron chi connectivity index (χ1n) is 11.8. The minimum atomic E-state index is -1.04. The van der Waals surface area contributed by atoms with Gasteiger partial charge in [-0.2, -0.15) is 10.1 Å². The van der Waals surface area contributed by atoms with Crippen LogP contribution >= 0.6 is 22.7 Å². The van der Waals surface area contributed by atoms with Gasteiger partial charge in [0.05, 0.1) is 0 Å². The Kier molecular flexibility index (Phi) is 10.9. The highest BCUT2D eigenvalue weighted by molar-refractivity contribution is 7.11. The van der Waals surface area contributed by atoms with Gasteiger partial charge in [0.25, 0.3) is 0 Å². The number of amides is 2. The Morgan fingerprint density at radius 2 is 1.63 bits per heavy atom. The molecule has 214 valence electrons. The molecule has 14 nitrogen and oxygen atoms in total. The number of hydroxylamine groups is 4. The lowest BCUT2D eigenvalue weighted by atomic mass is 10.2. The van der Waals surface area contributed by atoms with E-state index >= 15 is 0 Å². The van der Waals surface area contributed by atoms with Gasteiger partial charge in [0.1, 0.15) is 43.3 Å². The predicted molar refractivity (Wildman–Crippen MR) is 136 cm³/mol. The number of nitrogens with zero attached hydrogens (tertiary/aromatic N) is 6. The van der Waals surface area contributed by atoms with Gasteiger partial charge in [0.15, 0.2) is 6.29 Å². The Balaban J connectivity index is 0.000000267. The molecule has 1 saturated heterocycles. The number of rotatable bonds is 5. The van der Waals surface area contributed by atoms with Crippen LogP contribution in [0.2, 0.25) is 0 Å². The molecular formula is C22H36N6O8S2. The summed E-state index contributed by atoms with van der Waals surface area (Å²) in [5.41, 5.74) is -1.34. The van der Waals surface area contributed by atoms with Crippen molar-refractivity contribution in [2.75, 3.05) is 6.61 Å². The number of hydrogen-bond acceptors (Lipinski definition) is 14. The first-order chi connectivity index (χ1) is 17.5. The smallest absolute Gasteiger partial charge is 0.435 e. The lowest BCUT2D eigenvalue weighted by Crippen LogP contribution is -2.37. The minimum absolute atomic E-state index is 0.157. The maximum Gasteiger partial charge on any atom is 0.435 e. The molecule has 2 aromatic rings. The van der Waals surface area contributed by atoms with E-state index < -0.39 is 41.8 Å². The van der Waals surface area contributed by atoms with Gasteiger partial charge in [-0.15, -0.1) is 20.4 Å².